The van der Waals surface area contributed by atoms with Gasteiger partial charge in [0, 0.05) is 25.5 Å². The van der Waals surface area contributed by atoms with E-state index in [0.29, 0.717) is 29.8 Å². The lowest BCUT2D eigenvalue weighted by atomic mass is 9.97. The van der Waals surface area contributed by atoms with Crippen LogP contribution >= 0.6 is 0 Å². The topological polar surface area (TPSA) is 52.3 Å². The number of hydrogen-bond donors (Lipinski definition) is 1. The molecule has 0 fully saturated rings. The van der Waals surface area contributed by atoms with Crippen LogP contribution in [0.4, 0.5) is 0 Å². The summed E-state index contributed by atoms with van der Waals surface area (Å²) in [6, 6.07) is 0.417. The van der Waals surface area contributed by atoms with Gasteiger partial charge in [0.05, 0.1) is 6.10 Å². The molecule has 0 bridgehead atoms. The van der Waals surface area contributed by atoms with Gasteiger partial charge in [-0.05, 0) is 104 Å². The number of carbonyl (C=O) groups is 1. The molecule has 0 heterocycles. The molecule has 3 heteroatoms. The fourth-order valence-corrected chi connectivity index (χ4v) is 6.75. The van der Waals surface area contributed by atoms with E-state index in [9.17, 15) is 4.79 Å². The Hall–Kier alpha value is -0.410. The first kappa shape index (κ1) is 75.1. The molecular weight excluding hydrogens is 779 g/mol. The first-order valence-electron chi connectivity index (χ1n) is 28.3. The molecule has 0 aliphatic rings. The minimum atomic E-state index is 0.411. The SMILES string of the molecule is CC(C)CC(N)CC(C)C.CC(C)CCCC(=O)CC(C)C.CC(C)CCCC(C)C.CC(C)CCCCCC(C)C.CC(C)CCCCCC(C)C.CC(C)CCOC(C)C(C)C. The van der Waals surface area contributed by atoms with Crippen molar-refractivity contribution in [2.45, 2.75) is 314 Å². The van der Waals surface area contributed by atoms with Gasteiger partial charge in [-0.3, -0.25) is 4.79 Å². The highest BCUT2D eigenvalue weighted by atomic mass is 16.5. The predicted octanol–water partition coefficient (Wildman–Crippen LogP) is 20.9. The van der Waals surface area contributed by atoms with E-state index in [1.165, 1.54) is 96.3 Å². The molecule has 394 valence electrons. The summed E-state index contributed by atoms with van der Waals surface area (Å²) in [6.45, 7) is 57.0. The highest BCUT2D eigenvalue weighted by Crippen LogP contribution is 2.15. The summed E-state index contributed by atoms with van der Waals surface area (Å²) in [4.78, 5) is 11.2. The summed E-state index contributed by atoms with van der Waals surface area (Å²) in [6.07, 6.45) is 26.2. The second-order valence-electron chi connectivity index (χ2n) is 25.0. The second kappa shape index (κ2) is 53.5. The van der Waals surface area contributed by atoms with Crippen molar-refractivity contribution in [3.8, 4) is 0 Å². The fraction of sp³-hybridized carbons (Fsp3) is 0.984. The smallest absolute Gasteiger partial charge is 0.133 e. The fourth-order valence-electron chi connectivity index (χ4n) is 6.75. The minimum Gasteiger partial charge on any atom is -0.378 e. The largest absolute Gasteiger partial charge is 0.378 e. The van der Waals surface area contributed by atoms with Gasteiger partial charge >= 0.3 is 0 Å². The number of ether oxygens (including phenoxy) is 1. The molecule has 3 nitrogen and oxygen atoms in total. The van der Waals surface area contributed by atoms with Gasteiger partial charge in [0.2, 0.25) is 0 Å². The second-order valence-corrected chi connectivity index (χ2v) is 25.0. The van der Waals surface area contributed by atoms with Crippen molar-refractivity contribution in [2.24, 2.45) is 76.7 Å². The number of rotatable bonds is 31. The van der Waals surface area contributed by atoms with Crippen molar-refractivity contribution in [1.29, 1.82) is 0 Å². The highest BCUT2D eigenvalue weighted by Gasteiger charge is 2.08. The molecule has 0 aromatic carbocycles. The number of Topliss-reactive ketones (excluding diaryl/α,β-unsaturated/α-hetero) is 1. The Balaban J connectivity index is -0.000000158. The van der Waals surface area contributed by atoms with Crippen molar-refractivity contribution >= 4 is 5.78 Å². The van der Waals surface area contributed by atoms with Crippen LogP contribution in [-0.2, 0) is 9.53 Å². The molecule has 64 heavy (non-hydrogen) atoms. The van der Waals surface area contributed by atoms with E-state index in [4.69, 9.17) is 10.5 Å². The molecule has 0 saturated heterocycles. The first-order valence-corrected chi connectivity index (χ1v) is 28.3. The molecule has 0 spiro atoms. The van der Waals surface area contributed by atoms with E-state index >= 15 is 0 Å². The first-order chi connectivity index (χ1) is 29.5. The molecule has 0 radical (unpaired) electrons. The zero-order valence-electron chi connectivity index (χ0n) is 49.8. The Kier molecular flexibility index (Phi) is 62.8. The van der Waals surface area contributed by atoms with Crippen molar-refractivity contribution < 1.29 is 9.53 Å². The van der Waals surface area contributed by atoms with Crippen LogP contribution in [0.1, 0.15) is 302 Å². The van der Waals surface area contributed by atoms with Gasteiger partial charge in [0.25, 0.3) is 0 Å². The predicted molar refractivity (Wildman–Crippen MR) is 299 cm³/mol. The van der Waals surface area contributed by atoms with Crippen molar-refractivity contribution in [3.05, 3.63) is 0 Å². The monoisotopic (exact) mass is 912 g/mol. The van der Waals surface area contributed by atoms with Gasteiger partial charge in [-0.25, -0.2) is 0 Å². The van der Waals surface area contributed by atoms with E-state index in [1.54, 1.807) is 0 Å². The van der Waals surface area contributed by atoms with Crippen LogP contribution in [0.5, 0.6) is 0 Å². The molecule has 1 unspecified atom stereocenters. The lowest BCUT2D eigenvalue weighted by Crippen LogP contribution is -2.23. The van der Waals surface area contributed by atoms with Crippen molar-refractivity contribution in [1.82, 2.24) is 0 Å². The highest BCUT2D eigenvalue weighted by molar-refractivity contribution is 5.78. The van der Waals surface area contributed by atoms with Crippen LogP contribution in [0, 0.1) is 71.0 Å². The molecule has 2 N–H and O–H groups in total. The number of ketones is 1. The lowest BCUT2D eigenvalue weighted by molar-refractivity contribution is -0.119. The number of nitrogens with two attached hydrogens (primary N) is 1. The summed E-state index contributed by atoms with van der Waals surface area (Å²) in [7, 11) is 0. The molecular formula is C61H133NO2. The Bertz CT molecular complexity index is 790. The average molecular weight is 913 g/mol. The van der Waals surface area contributed by atoms with Crippen LogP contribution in [0.15, 0.2) is 0 Å². The van der Waals surface area contributed by atoms with Crippen molar-refractivity contribution in [3.63, 3.8) is 0 Å². The van der Waals surface area contributed by atoms with E-state index < -0.39 is 0 Å². The quantitative estimate of drug-likeness (QED) is 0.0705. The Morgan fingerprint density at radius 3 is 0.875 bits per heavy atom. The zero-order chi connectivity index (χ0) is 51.2. The Morgan fingerprint density at radius 1 is 0.344 bits per heavy atom. The van der Waals surface area contributed by atoms with Gasteiger partial charge in [0.1, 0.15) is 5.78 Å². The minimum absolute atomic E-state index is 0.411. The zero-order valence-corrected chi connectivity index (χ0v) is 49.8. The maximum Gasteiger partial charge on any atom is 0.133 e. The lowest BCUT2D eigenvalue weighted by Gasteiger charge is -2.17. The van der Waals surface area contributed by atoms with Crippen LogP contribution in [0.3, 0.4) is 0 Å². The van der Waals surface area contributed by atoms with E-state index in [1.807, 2.05) is 0 Å². The van der Waals surface area contributed by atoms with E-state index in [2.05, 4.69) is 173 Å². The Labute approximate surface area is 410 Å². The van der Waals surface area contributed by atoms with Gasteiger partial charge < -0.3 is 10.5 Å². The van der Waals surface area contributed by atoms with Gasteiger partial charge in [0.15, 0.2) is 0 Å². The summed E-state index contributed by atoms with van der Waals surface area (Å²) in [5, 5.41) is 0. The maximum absolute atomic E-state index is 11.2. The molecule has 0 rings (SSSR count). The van der Waals surface area contributed by atoms with E-state index in [0.717, 1.165) is 97.9 Å². The molecule has 0 aromatic heterocycles. The Morgan fingerprint density at radius 2 is 0.625 bits per heavy atom. The third kappa shape index (κ3) is 91.9. The molecule has 0 aliphatic heterocycles. The molecule has 1 atom stereocenters. The van der Waals surface area contributed by atoms with Gasteiger partial charge in [-0.2, -0.15) is 0 Å². The standard InChI is InChI=1S/C11H22O.2C11H24.C10H22O.C9H21N.C9H20/c1-9(2)6-5-7-11(12)8-10(3)4;2*1-10(2)8-6-5-7-9-11(3)4;1-8(2)6-7-11-10(5)9(3)4;1-7(2)5-9(10)6-8(3)4;1-8(2)6-5-7-9(3)4/h9-10H,5-8H2,1-4H3;2*10-11H,5-9H2,1-4H3;8-10H,6-7H2,1-5H3;7-9H,5-6,10H2,1-4H3;8-9H,5-7H2,1-4H3. The number of unbranched alkanes of at least 4 members (excludes halogenated alkanes) is 4. The molecule has 0 amide bonds. The van der Waals surface area contributed by atoms with Crippen LogP contribution in [0.2, 0.25) is 0 Å². The average Bonchev–Trinajstić information content (AvgIpc) is 3.10. The molecule has 0 aliphatic carbocycles. The van der Waals surface area contributed by atoms with Crippen LogP contribution in [0.25, 0.3) is 0 Å². The number of hydrogen-bond acceptors (Lipinski definition) is 3. The summed E-state index contributed by atoms with van der Waals surface area (Å²) >= 11 is 0. The molecule has 0 aromatic rings. The summed E-state index contributed by atoms with van der Waals surface area (Å²) in [5.41, 5.74) is 5.88. The third-order valence-electron chi connectivity index (χ3n) is 11.1. The van der Waals surface area contributed by atoms with Gasteiger partial charge in [-0.15, -0.1) is 0 Å². The normalized spacial score (nSPS) is 12.0. The summed E-state index contributed by atoms with van der Waals surface area (Å²) < 4.78 is 5.61. The maximum atomic E-state index is 11.2. The van der Waals surface area contributed by atoms with Crippen LogP contribution in [-0.4, -0.2) is 24.5 Å². The number of carbonyl (C=O) groups excluding carboxylic acids is 1. The summed E-state index contributed by atoms with van der Waals surface area (Å²) in [5.74, 6) is 9.96. The van der Waals surface area contributed by atoms with Crippen LogP contribution < -0.4 is 5.73 Å². The van der Waals surface area contributed by atoms with Crippen molar-refractivity contribution in [2.75, 3.05) is 6.61 Å². The van der Waals surface area contributed by atoms with E-state index in [-0.39, 0.29) is 0 Å². The third-order valence-corrected chi connectivity index (χ3v) is 11.1. The molecule has 0 saturated carbocycles. The van der Waals surface area contributed by atoms with Gasteiger partial charge in [-0.1, -0.05) is 256 Å².